The molecule has 0 bridgehead atoms. The first-order valence-corrected chi connectivity index (χ1v) is 21.1. The maximum absolute atomic E-state index is 13.9. The van der Waals surface area contributed by atoms with Gasteiger partial charge in [0, 0.05) is 25.1 Å². The highest BCUT2D eigenvalue weighted by atomic mass is 16.4. The van der Waals surface area contributed by atoms with Gasteiger partial charge in [0.1, 0.15) is 24.2 Å². The lowest BCUT2D eigenvalue weighted by atomic mass is 9.81. The molecule has 2 aromatic rings. The number of amides is 6. The zero-order chi connectivity index (χ0) is 43.3. The van der Waals surface area contributed by atoms with Crippen molar-refractivity contribution >= 4 is 42.6 Å². The lowest BCUT2D eigenvalue weighted by molar-refractivity contribution is -0.142. The molecule has 0 aliphatic carbocycles. The molecule has 5 atom stereocenters. The van der Waals surface area contributed by atoms with Crippen LogP contribution in [0.5, 0.6) is 0 Å². The fraction of sp³-hybridized carbons (Fsp3) is 0.571. The minimum absolute atomic E-state index is 0.0383. The molecule has 59 heavy (non-hydrogen) atoms. The Hall–Kier alpha value is -4.84. The molecule has 6 amide bonds. The van der Waals surface area contributed by atoms with E-state index in [1.54, 1.807) is 19.1 Å². The zero-order valence-electron chi connectivity index (χ0n) is 34.8. The van der Waals surface area contributed by atoms with Crippen molar-refractivity contribution in [3.8, 4) is 11.1 Å². The molecule has 3 rings (SSSR count). The molecule has 1 fully saturated rings. The minimum Gasteiger partial charge on any atom is -0.426 e. The van der Waals surface area contributed by atoms with Gasteiger partial charge in [-0.2, -0.15) is 0 Å². The largest absolute Gasteiger partial charge is 0.475 e. The Kier molecular flexibility index (Phi) is 21.1. The third kappa shape index (κ3) is 15.7. The Morgan fingerprint density at radius 2 is 1.41 bits per heavy atom. The van der Waals surface area contributed by atoms with Crippen molar-refractivity contribution in [3.05, 3.63) is 59.7 Å². The van der Waals surface area contributed by atoms with E-state index in [0.29, 0.717) is 44.2 Å². The predicted octanol–water partition coefficient (Wildman–Crippen LogP) is 1.06. The van der Waals surface area contributed by atoms with Gasteiger partial charge in [0.15, 0.2) is 0 Å². The van der Waals surface area contributed by atoms with Gasteiger partial charge in [-0.3, -0.25) is 28.8 Å². The number of nitrogens with two attached hydrogens (primary N) is 2. The number of likely N-dealkylation sites (tertiary alicyclic amines) is 1. The molecule has 0 saturated carbocycles. The number of nitrogens with one attached hydrogen (secondary N) is 5. The second kappa shape index (κ2) is 25.6. The topological polar surface area (TPSA) is 258 Å². The van der Waals surface area contributed by atoms with Gasteiger partial charge in [0.05, 0.1) is 5.94 Å². The molecule has 2 aromatic carbocycles. The second-order valence-electron chi connectivity index (χ2n) is 15.2. The first kappa shape index (κ1) is 48.5. The molecule has 11 N–H and O–H groups in total. The summed E-state index contributed by atoms with van der Waals surface area (Å²) in [5, 5.41) is 32.3. The van der Waals surface area contributed by atoms with E-state index < -0.39 is 66.8 Å². The molecule has 1 heterocycles. The predicted molar refractivity (Wildman–Crippen MR) is 227 cm³/mol. The van der Waals surface area contributed by atoms with Gasteiger partial charge in [0.25, 0.3) is 5.91 Å². The van der Waals surface area contributed by atoms with E-state index in [9.17, 15) is 38.8 Å². The third-order valence-corrected chi connectivity index (χ3v) is 10.5. The maximum atomic E-state index is 13.9. The summed E-state index contributed by atoms with van der Waals surface area (Å²) in [6, 6.07) is 11.8. The standard InChI is InChI=1S/C42H65BN8O8/c1-4-6-11-29-15-17-30(18-16-29)31-19-21-32(22-20-31)38(53)46-26-23-37(52)48-35(13-9-25-45)42(57)51-27-10-14-36(51)41(56)49-33(5-2)39(54)50-34(12-7-8-24-44)40(55)47-28(3)43(58)59/h15-22,28,33-36,58-59H,4-14,23-27,44-45H2,1-3H3,(H,46,53)(H,47,55)(H,48,52)(H,49,56)(H,50,54). The normalized spacial score (nSPS) is 15.6. The number of hydrogen-bond donors (Lipinski definition) is 9. The van der Waals surface area contributed by atoms with E-state index in [-0.39, 0.29) is 51.2 Å². The number of nitrogens with zero attached hydrogens (tertiary/aromatic N) is 1. The van der Waals surface area contributed by atoms with E-state index in [2.05, 4.69) is 57.8 Å². The average Bonchev–Trinajstić information content (AvgIpc) is 3.73. The zero-order valence-corrected chi connectivity index (χ0v) is 34.8. The molecule has 1 aliphatic heterocycles. The lowest BCUT2D eigenvalue weighted by Gasteiger charge is -2.30. The van der Waals surface area contributed by atoms with Crippen molar-refractivity contribution in [2.45, 2.75) is 128 Å². The quantitative estimate of drug-likeness (QED) is 0.0508. The third-order valence-electron chi connectivity index (χ3n) is 10.5. The molecule has 324 valence electrons. The summed E-state index contributed by atoms with van der Waals surface area (Å²) < 4.78 is 0. The molecule has 17 heteroatoms. The molecule has 1 saturated heterocycles. The summed E-state index contributed by atoms with van der Waals surface area (Å²) in [4.78, 5) is 81.2. The van der Waals surface area contributed by atoms with Crippen LogP contribution in [0.3, 0.4) is 0 Å². The fourth-order valence-electron chi connectivity index (χ4n) is 6.85. The number of rotatable bonds is 25. The van der Waals surface area contributed by atoms with Crippen LogP contribution in [-0.4, -0.2) is 114 Å². The highest BCUT2D eigenvalue weighted by Gasteiger charge is 2.39. The second-order valence-corrected chi connectivity index (χ2v) is 15.2. The van der Waals surface area contributed by atoms with Crippen LogP contribution in [0.2, 0.25) is 0 Å². The van der Waals surface area contributed by atoms with E-state index in [4.69, 9.17) is 11.5 Å². The Labute approximate surface area is 348 Å². The molecule has 5 unspecified atom stereocenters. The Morgan fingerprint density at radius 1 is 0.780 bits per heavy atom. The van der Waals surface area contributed by atoms with Crippen LogP contribution >= 0.6 is 0 Å². The van der Waals surface area contributed by atoms with Crippen molar-refractivity contribution in [2.24, 2.45) is 11.5 Å². The first-order chi connectivity index (χ1) is 28.3. The molecular weight excluding hydrogens is 755 g/mol. The summed E-state index contributed by atoms with van der Waals surface area (Å²) in [5.74, 6) is -3.97. The minimum atomic E-state index is -1.80. The monoisotopic (exact) mass is 821 g/mol. The van der Waals surface area contributed by atoms with Crippen LogP contribution in [0.25, 0.3) is 11.1 Å². The number of aryl methyl sites for hydroxylation is 1. The Bertz CT molecular complexity index is 1660. The van der Waals surface area contributed by atoms with Crippen molar-refractivity contribution < 1.29 is 38.8 Å². The summed E-state index contributed by atoms with van der Waals surface area (Å²) >= 11 is 0. The van der Waals surface area contributed by atoms with Gasteiger partial charge in [-0.25, -0.2) is 0 Å². The van der Waals surface area contributed by atoms with Crippen molar-refractivity contribution in [1.29, 1.82) is 0 Å². The van der Waals surface area contributed by atoms with Crippen molar-refractivity contribution in [3.63, 3.8) is 0 Å². The highest BCUT2D eigenvalue weighted by Crippen LogP contribution is 2.22. The Balaban J connectivity index is 1.56. The van der Waals surface area contributed by atoms with Gasteiger partial charge < -0.3 is 53.0 Å². The Morgan fingerprint density at radius 3 is 2.02 bits per heavy atom. The smallest absolute Gasteiger partial charge is 0.426 e. The molecule has 0 spiro atoms. The summed E-state index contributed by atoms with van der Waals surface area (Å²) in [6.45, 7) is 6.25. The lowest BCUT2D eigenvalue weighted by Crippen LogP contribution is -2.58. The van der Waals surface area contributed by atoms with Crippen molar-refractivity contribution in [1.82, 2.24) is 31.5 Å². The van der Waals surface area contributed by atoms with Crippen molar-refractivity contribution in [2.75, 3.05) is 26.2 Å². The highest BCUT2D eigenvalue weighted by molar-refractivity contribution is 6.43. The maximum Gasteiger partial charge on any atom is 0.475 e. The van der Waals surface area contributed by atoms with Crippen LogP contribution < -0.4 is 38.1 Å². The van der Waals surface area contributed by atoms with Crippen LogP contribution in [0, 0.1) is 0 Å². The number of carbonyl (C=O) groups is 6. The molecule has 0 aromatic heterocycles. The number of benzene rings is 2. The summed E-state index contributed by atoms with van der Waals surface area (Å²) in [6.07, 6.45) is 6.35. The van der Waals surface area contributed by atoms with E-state index >= 15 is 0 Å². The van der Waals surface area contributed by atoms with Gasteiger partial charge in [0.2, 0.25) is 29.5 Å². The van der Waals surface area contributed by atoms with Gasteiger partial charge in [-0.05, 0) is 113 Å². The molecule has 16 nitrogen and oxygen atoms in total. The summed E-state index contributed by atoms with van der Waals surface area (Å²) in [5.41, 5.74) is 15.1. The van der Waals surface area contributed by atoms with Gasteiger partial charge in [-0.15, -0.1) is 0 Å². The number of carbonyl (C=O) groups excluding carboxylic acids is 6. The van der Waals surface area contributed by atoms with E-state index in [1.165, 1.54) is 17.4 Å². The SMILES string of the molecule is CCCCc1ccc(-c2ccc(C(=O)NCCC(=O)NC(CCCN)C(=O)N3CCCC3C(=O)NC(CC)C(=O)NC(CCCCN)C(=O)NC(C)B(O)O)cc2)cc1. The summed E-state index contributed by atoms with van der Waals surface area (Å²) in [7, 11) is -1.80. The van der Waals surface area contributed by atoms with Crippen LogP contribution in [0.15, 0.2) is 48.5 Å². The first-order valence-electron chi connectivity index (χ1n) is 21.1. The molecule has 0 radical (unpaired) electrons. The van der Waals surface area contributed by atoms with Gasteiger partial charge >= 0.3 is 7.12 Å². The molecule has 1 aliphatic rings. The van der Waals surface area contributed by atoms with E-state index in [1.807, 2.05) is 12.1 Å². The fourth-order valence-corrected chi connectivity index (χ4v) is 6.85. The van der Waals surface area contributed by atoms with Crippen LogP contribution in [0.4, 0.5) is 0 Å². The van der Waals surface area contributed by atoms with E-state index in [0.717, 1.165) is 30.4 Å². The van der Waals surface area contributed by atoms with Crippen LogP contribution in [-0.2, 0) is 30.4 Å². The van der Waals surface area contributed by atoms with Crippen LogP contribution in [0.1, 0.15) is 107 Å². The molecular formula is C42H65BN8O8. The number of unbranched alkanes of at least 4 members (excludes halogenated alkanes) is 2. The average molecular weight is 821 g/mol. The van der Waals surface area contributed by atoms with Gasteiger partial charge in [-0.1, -0.05) is 56.7 Å². The number of hydrogen-bond acceptors (Lipinski definition) is 10.